The van der Waals surface area contributed by atoms with E-state index in [4.69, 9.17) is 9.47 Å². The van der Waals surface area contributed by atoms with Gasteiger partial charge >= 0.3 is 5.69 Å². The number of anilines is 1. The molecule has 0 heterocycles. The minimum absolute atomic E-state index is 0.0394. The number of nitro groups is 1. The van der Waals surface area contributed by atoms with E-state index in [1.54, 1.807) is 19.2 Å². The number of rotatable bonds is 6. The third kappa shape index (κ3) is 3.62. The van der Waals surface area contributed by atoms with E-state index in [9.17, 15) is 10.1 Å². The molecule has 0 aliphatic rings. The number of nitrogens with one attached hydrogen (secondary N) is 1. The molecule has 2 aromatic rings. The molecule has 6 nitrogen and oxygen atoms in total. The van der Waals surface area contributed by atoms with Crippen molar-refractivity contribution in [3.05, 3.63) is 58.1 Å². The van der Waals surface area contributed by atoms with Gasteiger partial charge in [-0.15, -0.1) is 0 Å². The molecular weight excluding hydrogens is 272 g/mol. The monoisotopic (exact) mass is 288 g/mol. The minimum Gasteiger partial charge on any atom is -0.497 e. The van der Waals surface area contributed by atoms with Crippen LogP contribution in [0.1, 0.15) is 5.56 Å². The van der Waals surface area contributed by atoms with Crippen molar-refractivity contribution in [2.24, 2.45) is 0 Å². The predicted octanol–water partition coefficient (Wildman–Crippen LogP) is 3.22. The Morgan fingerprint density at radius 2 is 1.95 bits per heavy atom. The highest BCUT2D eigenvalue weighted by Crippen LogP contribution is 2.28. The second-order valence-electron chi connectivity index (χ2n) is 4.35. The van der Waals surface area contributed by atoms with E-state index in [1.807, 2.05) is 24.3 Å². The number of benzene rings is 2. The van der Waals surface area contributed by atoms with Crippen molar-refractivity contribution in [2.45, 2.75) is 6.54 Å². The lowest BCUT2D eigenvalue weighted by Crippen LogP contribution is -2.01. The lowest BCUT2D eigenvalue weighted by atomic mass is 10.2. The van der Waals surface area contributed by atoms with Gasteiger partial charge in [0.25, 0.3) is 0 Å². The Labute approximate surface area is 122 Å². The topological polar surface area (TPSA) is 73.6 Å². The number of nitrogens with zero attached hydrogens (tertiary/aromatic N) is 1. The van der Waals surface area contributed by atoms with Crippen molar-refractivity contribution in [2.75, 3.05) is 19.5 Å². The van der Waals surface area contributed by atoms with Gasteiger partial charge in [-0.1, -0.05) is 12.1 Å². The number of methoxy groups -OCH3 is 2. The van der Waals surface area contributed by atoms with Crippen LogP contribution in [-0.2, 0) is 6.54 Å². The van der Waals surface area contributed by atoms with E-state index in [0.29, 0.717) is 6.54 Å². The summed E-state index contributed by atoms with van der Waals surface area (Å²) in [6, 6.07) is 12.4. The highest BCUT2D eigenvalue weighted by molar-refractivity contribution is 5.51. The van der Waals surface area contributed by atoms with Gasteiger partial charge in [0.15, 0.2) is 5.75 Å². The maximum atomic E-state index is 11.0. The van der Waals surface area contributed by atoms with Gasteiger partial charge in [0.05, 0.1) is 19.1 Å². The molecule has 0 aliphatic heterocycles. The summed E-state index contributed by atoms with van der Waals surface area (Å²) in [7, 11) is 3.02. The first-order valence-corrected chi connectivity index (χ1v) is 6.33. The average Bonchev–Trinajstić information content (AvgIpc) is 2.52. The van der Waals surface area contributed by atoms with Gasteiger partial charge in [0, 0.05) is 24.4 Å². The van der Waals surface area contributed by atoms with Gasteiger partial charge in [-0.05, 0) is 23.8 Å². The van der Waals surface area contributed by atoms with Crippen LogP contribution >= 0.6 is 0 Å². The Kier molecular flexibility index (Phi) is 4.61. The molecule has 0 spiro atoms. The Morgan fingerprint density at radius 3 is 2.62 bits per heavy atom. The molecule has 1 N–H and O–H groups in total. The fraction of sp³-hybridized carbons (Fsp3) is 0.200. The van der Waals surface area contributed by atoms with Crippen molar-refractivity contribution in [1.82, 2.24) is 0 Å². The van der Waals surface area contributed by atoms with Gasteiger partial charge in [-0.25, -0.2) is 0 Å². The van der Waals surface area contributed by atoms with Crippen LogP contribution in [0.3, 0.4) is 0 Å². The molecule has 0 fully saturated rings. The molecule has 2 rings (SSSR count). The smallest absolute Gasteiger partial charge is 0.311 e. The zero-order valence-electron chi connectivity index (χ0n) is 11.8. The van der Waals surface area contributed by atoms with Crippen molar-refractivity contribution >= 4 is 11.4 Å². The Hall–Kier alpha value is -2.76. The summed E-state index contributed by atoms with van der Waals surface area (Å²) in [5.74, 6) is 1.01. The van der Waals surface area contributed by atoms with E-state index in [0.717, 1.165) is 17.0 Å². The zero-order valence-corrected chi connectivity index (χ0v) is 11.8. The first-order chi connectivity index (χ1) is 10.1. The van der Waals surface area contributed by atoms with E-state index >= 15 is 0 Å². The molecule has 0 aliphatic carbocycles. The van der Waals surface area contributed by atoms with Crippen molar-refractivity contribution in [1.29, 1.82) is 0 Å². The molecular formula is C15H16N2O4. The molecule has 0 saturated heterocycles. The standard InChI is InChI=1S/C15H16N2O4/c1-20-13-5-3-4-12(9-13)16-10-11-6-7-15(21-2)14(8-11)17(18)19/h3-9,16H,10H2,1-2H3. The fourth-order valence-electron chi connectivity index (χ4n) is 1.93. The molecule has 0 unspecified atom stereocenters. The molecule has 0 saturated carbocycles. The highest BCUT2D eigenvalue weighted by atomic mass is 16.6. The third-order valence-corrected chi connectivity index (χ3v) is 3.01. The van der Waals surface area contributed by atoms with Crippen molar-refractivity contribution in [3.8, 4) is 11.5 Å². The Bertz CT molecular complexity index is 643. The van der Waals surface area contributed by atoms with Crippen LogP contribution in [0.25, 0.3) is 0 Å². The van der Waals surface area contributed by atoms with Gasteiger partial charge in [0.1, 0.15) is 5.75 Å². The second-order valence-corrected chi connectivity index (χ2v) is 4.35. The van der Waals surface area contributed by atoms with E-state index in [-0.39, 0.29) is 11.4 Å². The summed E-state index contributed by atoms with van der Waals surface area (Å²) in [4.78, 5) is 10.5. The molecule has 110 valence electrons. The molecule has 2 aromatic carbocycles. The van der Waals surface area contributed by atoms with Crippen LogP contribution in [0.15, 0.2) is 42.5 Å². The van der Waals surface area contributed by atoms with Crippen molar-refractivity contribution < 1.29 is 14.4 Å². The van der Waals surface area contributed by atoms with Gasteiger partial charge in [0.2, 0.25) is 0 Å². The van der Waals surface area contributed by atoms with Crippen LogP contribution < -0.4 is 14.8 Å². The number of ether oxygens (including phenoxy) is 2. The van der Waals surface area contributed by atoms with Crippen molar-refractivity contribution in [3.63, 3.8) is 0 Å². The van der Waals surface area contributed by atoms with Gasteiger partial charge in [-0.2, -0.15) is 0 Å². The first kappa shape index (κ1) is 14.6. The zero-order chi connectivity index (χ0) is 15.2. The van der Waals surface area contributed by atoms with Crippen LogP contribution in [0.2, 0.25) is 0 Å². The maximum Gasteiger partial charge on any atom is 0.311 e. The molecule has 21 heavy (non-hydrogen) atoms. The molecule has 0 atom stereocenters. The summed E-state index contributed by atoms with van der Waals surface area (Å²) in [6.07, 6.45) is 0. The van der Waals surface area contributed by atoms with E-state index < -0.39 is 4.92 Å². The average molecular weight is 288 g/mol. The predicted molar refractivity (Wildman–Crippen MR) is 80.0 cm³/mol. The molecule has 6 heteroatoms. The SMILES string of the molecule is COc1cccc(NCc2ccc(OC)c([N+](=O)[O-])c2)c1. The molecule has 0 bridgehead atoms. The largest absolute Gasteiger partial charge is 0.497 e. The van der Waals surface area contributed by atoms with E-state index in [2.05, 4.69) is 5.32 Å². The number of hydrogen-bond donors (Lipinski definition) is 1. The Balaban J connectivity index is 2.12. The summed E-state index contributed by atoms with van der Waals surface area (Å²) >= 11 is 0. The van der Waals surface area contributed by atoms with Crippen LogP contribution in [0.5, 0.6) is 11.5 Å². The normalized spacial score (nSPS) is 10.0. The summed E-state index contributed by atoms with van der Waals surface area (Å²) in [6.45, 7) is 0.470. The fourth-order valence-corrected chi connectivity index (χ4v) is 1.93. The number of nitro benzene ring substituents is 1. The highest BCUT2D eigenvalue weighted by Gasteiger charge is 2.14. The molecule has 0 radical (unpaired) electrons. The van der Waals surface area contributed by atoms with E-state index in [1.165, 1.54) is 13.2 Å². The second kappa shape index (κ2) is 6.60. The summed E-state index contributed by atoms with van der Waals surface area (Å²) < 4.78 is 10.1. The van der Waals surface area contributed by atoms with Gasteiger partial charge < -0.3 is 14.8 Å². The Morgan fingerprint density at radius 1 is 1.14 bits per heavy atom. The lowest BCUT2D eigenvalue weighted by molar-refractivity contribution is -0.385. The third-order valence-electron chi connectivity index (χ3n) is 3.01. The molecule has 0 aromatic heterocycles. The lowest BCUT2D eigenvalue weighted by Gasteiger charge is -2.09. The van der Waals surface area contributed by atoms with Crippen LogP contribution in [0.4, 0.5) is 11.4 Å². The van der Waals surface area contributed by atoms with Gasteiger partial charge in [-0.3, -0.25) is 10.1 Å². The maximum absolute atomic E-state index is 11.0. The minimum atomic E-state index is -0.451. The molecule has 0 amide bonds. The van der Waals surface area contributed by atoms with Crippen LogP contribution in [0, 0.1) is 10.1 Å². The van der Waals surface area contributed by atoms with Crippen LogP contribution in [-0.4, -0.2) is 19.1 Å². The summed E-state index contributed by atoms with van der Waals surface area (Å²) in [5, 5.41) is 14.2. The summed E-state index contributed by atoms with van der Waals surface area (Å²) in [5.41, 5.74) is 1.64. The quantitative estimate of drug-likeness (QED) is 0.652. The first-order valence-electron chi connectivity index (χ1n) is 6.33. The number of hydrogen-bond acceptors (Lipinski definition) is 5.